The highest BCUT2D eigenvalue weighted by Gasteiger charge is 2.18. The van der Waals surface area contributed by atoms with Crippen LogP contribution in [0.1, 0.15) is 29.3 Å². The first-order valence-corrected chi connectivity index (χ1v) is 8.66. The zero-order chi connectivity index (χ0) is 21.4. The molecule has 9 heteroatoms. The second-order valence-corrected chi connectivity index (χ2v) is 5.98. The molecule has 2 aromatic carbocycles. The quantitative estimate of drug-likeness (QED) is 0.387. The second-order valence-electron chi connectivity index (χ2n) is 5.98. The van der Waals surface area contributed by atoms with Gasteiger partial charge in [-0.3, -0.25) is 19.7 Å². The number of hydrogen-bond donors (Lipinski definition) is 2. The van der Waals surface area contributed by atoms with Crippen LogP contribution in [-0.2, 0) is 9.59 Å². The molecule has 2 N–H and O–H groups in total. The number of carboxylic acid groups (broad SMARTS) is 1. The number of amides is 2. The van der Waals surface area contributed by atoms with Gasteiger partial charge in [-0.05, 0) is 30.2 Å². The van der Waals surface area contributed by atoms with E-state index in [1.807, 2.05) is 0 Å². The number of nitro groups is 1. The maximum Gasteiger partial charge on any atom is 0.270 e. The van der Waals surface area contributed by atoms with Gasteiger partial charge in [-0.2, -0.15) is 0 Å². The van der Waals surface area contributed by atoms with E-state index in [1.165, 1.54) is 42.5 Å². The van der Waals surface area contributed by atoms with Gasteiger partial charge in [0.2, 0.25) is 0 Å². The summed E-state index contributed by atoms with van der Waals surface area (Å²) in [5.41, 5.74) is 0.0875. The maximum absolute atomic E-state index is 12.6. The highest BCUT2D eigenvalue weighted by atomic mass is 16.6. The highest BCUT2D eigenvalue weighted by Crippen LogP contribution is 2.15. The third-order valence-corrected chi connectivity index (χ3v) is 3.92. The summed E-state index contributed by atoms with van der Waals surface area (Å²) in [5, 5.41) is 26.7. The Morgan fingerprint density at radius 3 is 2.38 bits per heavy atom. The number of carboxylic acids is 1. The molecule has 9 nitrogen and oxygen atoms in total. The van der Waals surface area contributed by atoms with Gasteiger partial charge in [0.1, 0.15) is 5.70 Å². The monoisotopic (exact) mass is 396 g/mol. The van der Waals surface area contributed by atoms with Gasteiger partial charge in [0.25, 0.3) is 17.5 Å². The Labute approximate surface area is 166 Å². The third kappa shape index (κ3) is 5.99. The number of carbonyl (C=O) groups excluding carboxylic acids is 3. The zero-order valence-electron chi connectivity index (χ0n) is 15.5. The Balaban J connectivity index is 2.37. The molecule has 0 heterocycles. The molecule has 0 saturated carbocycles. The Kier molecular flexibility index (Phi) is 7.19. The predicted octanol–water partition coefficient (Wildman–Crippen LogP) is 1.01. The van der Waals surface area contributed by atoms with E-state index < -0.39 is 28.7 Å². The Morgan fingerprint density at radius 1 is 1.10 bits per heavy atom. The van der Waals surface area contributed by atoms with Crippen LogP contribution >= 0.6 is 0 Å². The number of nitro benzene ring substituents is 1. The summed E-state index contributed by atoms with van der Waals surface area (Å²) in [6.45, 7) is 1.55. The van der Waals surface area contributed by atoms with E-state index >= 15 is 0 Å². The van der Waals surface area contributed by atoms with Crippen LogP contribution in [0.25, 0.3) is 6.08 Å². The molecule has 0 saturated heterocycles. The van der Waals surface area contributed by atoms with Gasteiger partial charge in [-0.1, -0.05) is 37.3 Å². The minimum absolute atomic E-state index is 0.0742. The molecule has 0 aliphatic rings. The minimum atomic E-state index is -1.47. The first kappa shape index (κ1) is 21.3. The molecule has 0 aromatic heterocycles. The van der Waals surface area contributed by atoms with Crippen molar-refractivity contribution < 1.29 is 24.4 Å². The average molecular weight is 396 g/mol. The summed E-state index contributed by atoms with van der Waals surface area (Å²) in [6.07, 6.45) is 1.30. The van der Waals surface area contributed by atoms with Crippen molar-refractivity contribution in [2.24, 2.45) is 0 Å². The predicted molar refractivity (Wildman–Crippen MR) is 102 cm³/mol. The van der Waals surface area contributed by atoms with Crippen molar-refractivity contribution in [1.82, 2.24) is 10.6 Å². The number of non-ortho nitro benzene ring substituents is 1. The first-order valence-electron chi connectivity index (χ1n) is 8.66. The van der Waals surface area contributed by atoms with Crippen LogP contribution in [0, 0.1) is 10.1 Å². The number of rotatable bonds is 8. The van der Waals surface area contributed by atoms with E-state index in [9.17, 15) is 29.6 Å². The van der Waals surface area contributed by atoms with Gasteiger partial charge >= 0.3 is 0 Å². The Hall–Kier alpha value is -4.01. The number of carbonyl (C=O) groups is 3. The lowest BCUT2D eigenvalue weighted by atomic mass is 10.1. The molecule has 0 aliphatic carbocycles. The molecule has 29 heavy (non-hydrogen) atoms. The van der Waals surface area contributed by atoms with Crippen molar-refractivity contribution in [2.45, 2.75) is 19.4 Å². The topological polar surface area (TPSA) is 141 Å². The Morgan fingerprint density at radius 2 is 1.79 bits per heavy atom. The lowest BCUT2D eigenvalue weighted by Crippen LogP contribution is -2.49. The van der Waals surface area contributed by atoms with Gasteiger partial charge in [0.15, 0.2) is 0 Å². The van der Waals surface area contributed by atoms with Gasteiger partial charge in [-0.25, -0.2) is 0 Å². The van der Waals surface area contributed by atoms with Crippen LogP contribution in [-0.4, -0.2) is 28.7 Å². The summed E-state index contributed by atoms with van der Waals surface area (Å²) >= 11 is 0. The smallest absolute Gasteiger partial charge is 0.270 e. The SMILES string of the molecule is CC[C@H](NC(=O)/C(=C/c1cccc([N+](=O)[O-])c1)NC(=O)c1ccccc1)C(=O)[O-]. The summed E-state index contributed by atoms with van der Waals surface area (Å²) in [4.78, 5) is 46.5. The molecule has 2 rings (SSSR count). The summed E-state index contributed by atoms with van der Waals surface area (Å²) < 4.78 is 0. The number of nitrogens with one attached hydrogen (secondary N) is 2. The second kappa shape index (κ2) is 9.79. The Bertz CT molecular complexity index is 956. The van der Waals surface area contributed by atoms with Crippen LogP contribution in [0.15, 0.2) is 60.3 Å². The standard InChI is InChI=1S/C20H19N3O6/c1-2-16(20(26)27)21-19(25)17(22-18(24)14-8-4-3-5-9-14)12-13-7-6-10-15(11-13)23(28)29/h3-12,16H,2H2,1H3,(H,21,25)(H,22,24)(H,26,27)/p-1/b17-12-/t16-/m0/s1. The molecule has 0 unspecified atom stereocenters. The highest BCUT2D eigenvalue weighted by molar-refractivity contribution is 6.06. The third-order valence-electron chi connectivity index (χ3n) is 3.92. The van der Waals surface area contributed by atoms with Gasteiger partial charge in [-0.15, -0.1) is 0 Å². The van der Waals surface area contributed by atoms with E-state index in [0.717, 1.165) is 0 Å². The molecular weight excluding hydrogens is 378 g/mol. The van der Waals surface area contributed by atoms with Crippen molar-refractivity contribution in [2.75, 3.05) is 0 Å². The molecule has 0 bridgehead atoms. The zero-order valence-corrected chi connectivity index (χ0v) is 15.5. The van der Waals surface area contributed by atoms with E-state index in [2.05, 4.69) is 10.6 Å². The molecule has 0 aliphatic heterocycles. The first-order chi connectivity index (χ1) is 13.8. The number of benzene rings is 2. The fraction of sp³-hybridized carbons (Fsp3) is 0.150. The number of aliphatic carboxylic acids is 1. The van der Waals surface area contributed by atoms with Crippen molar-refractivity contribution in [3.8, 4) is 0 Å². The summed E-state index contributed by atoms with van der Waals surface area (Å²) in [5.74, 6) is -2.93. The normalized spacial score (nSPS) is 12.0. The van der Waals surface area contributed by atoms with E-state index in [4.69, 9.17) is 0 Å². The maximum atomic E-state index is 12.6. The van der Waals surface area contributed by atoms with E-state index in [-0.39, 0.29) is 28.9 Å². The van der Waals surface area contributed by atoms with Crippen LogP contribution in [0.4, 0.5) is 5.69 Å². The van der Waals surface area contributed by atoms with Crippen LogP contribution < -0.4 is 15.7 Å². The molecule has 150 valence electrons. The number of nitrogens with zero attached hydrogens (tertiary/aromatic N) is 1. The van der Waals surface area contributed by atoms with Crippen molar-refractivity contribution >= 4 is 29.5 Å². The lowest BCUT2D eigenvalue weighted by Gasteiger charge is -2.19. The fourth-order valence-corrected chi connectivity index (χ4v) is 2.40. The van der Waals surface area contributed by atoms with Gasteiger partial charge < -0.3 is 20.5 Å². The van der Waals surface area contributed by atoms with Crippen molar-refractivity contribution in [3.63, 3.8) is 0 Å². The molecule has 2 amide bonds. The lowest BCUT2D eigenvalue weighted by molar-refractivity contribution is -0.384. The van der Waals surface area contributed by atoms with Crippen LogP contribution in [0.3, 0.4) is 0 Å². The van der Waals surface area contributed by atoms with Crippen LogP contribution in [0.2, 0.25) is 0 Å². The molecule has 0 radical (unpaired) electrons. The molecular formula is C20H18N3O6-. The van der Waals surface area contributed by atoms with E-state index in [1.54, 1.807) is 25.1 Å². The van der Waals surface area contributed by atoms with E-state index in [0.29, 0.717) is 0 Å². The number of hydrogen-bond acceptors (Lipinski definition) is 6. The molecule has 0 fully saturated rings. The average Bonchev–Trinajstić information content (AvgIpc) is 2.71. The summed E-state index contributed by atoms with van der Waals surface area (Å²) in [6, 6.07) is 12.2. The fourth-order valence-electron chi connectivity index (χ4n) is 2.40. The van der Waals surface area contributed by atoms with Gasteiger partial charge in [0, 0.05) is 17.7 Å². The minimum Gasteiger partial charge on any atom is -0.548 e. The largest absolute Gasteiger partial charge is 0.548 e. The van der Waals surface area contributed by atoms with Crippen molar-refractivity contribution in [3.05, 3.63) is 81.5 Å². The van der Waals surface area contributed by atoms with Crippen LogP contribution in [0.5, 0.6) is 0 Å². The molecule has 0 spiro atoms. The summed E-state index contributed by atoms with van der Waals surface area (Å²) in [7, 11) is 0. The van der Waals surface area contributed by atoms with Gasteiger partial charge in [0.05, 0.1) is 16.9 Å². The molecule has 1 atom stereocenters. The van der Waals surface area contributed by atoms with Crippen molar-refractivity contribution in [1.29, 1.82) is 0 Å². The molecule has 2 aromatic rings.